The molecule has 0 amide bonds. The first-order valence-corrected chi connectivity index (χ1v) is 8.44. The Morgan fingerprint density at radius 2 is 2.24 bits per heavy atom. The zero-order chi connectivity index (χ0) is 14.7. The first kappa shape index (κ1) is 14.9. The van der Waals surface area contributed by atoms with Crippen LogP contribution >= 0.6 is 22.9 Å². The van der Waals surface area contributed by atoms with Crippen molar-refractivity contribution in [3.63, 3.8) is 0 Å². The average molecular weight is 325 g/mol. The number of rotatable bonds is 3. The van der Waals surface area contributed by atoms with Crippen LogP contribution in [0.4, 0.5) is 0 Å². The summed E-state index contributed by atoms with van der Waals surface area (Å²) in [6, 6.07) is 1.78. The number of ether oxygens (including phenoxy) is 1. The van der Waals surface area contributed by atoms with Crippen LogP contribution in [0.2, 0.25) is 5.28 Å². The molecule has 0 aliphatic carbocycles. The molecule has 0 radical (unpaired) electrons. The minimum Gasteiger partial charge on any atom is -0.381 e. The number of thiophene rings is 1. The molecule has 1 saturated heterocycles. The normalized spacial score (nSPS) is 20.1. The van der Waals surface area contributed by atoms with Crippen molar-refractivity contribution in [3.05, 3.63) is 21.9 Å². The molecular weight excluding hydrogens is 308 g/mol. The van der Waals surface area contributed by atoms with Gasteiger partial charge in [-0.2, -0.15) is 0 Å². The Morgan fingerprint density at radius 1 is 1.33 bits per heavy atom. The molecule has 1 atom stereocenters. The summed E-state index contributed by atoms with van der Waals surface area (Å²) in [6.07, 6.45) is 6.30. The van der Waals surface area contributed by atoms with Crippen LogP contribution in [0.3, 0.4) is 0 Å². The van der Waals surface area contributed by atoms with E-state index in [2.05, 4.69) is 9.97 Å². The van der Waals surface area contributed by atoms with Crippen molar-refractivity contribution in [2.75, 3.05) is 13.2 Å². The minimum atomic E-state index is 0.259. The molecule has 0 spiro atoms. The standard InChI is InChI=1S/C15H17ClN2O2S/c16-15-17-12(7-10-3-1-2-5-20-6-4-10)14-13(18-15)8-11(9-19)21-14/h8-10H,1-7H2. The van der Waals surface area contributed by atoms with Crippen molar-refractivity contribution < 1.29 is 9.53 Å². The lowest BCUT2D eigenvalue weighted by molar-refractivity contribution is 0.1000. The molecule has 1 aliphatic rings. The highest BCUT2D eigenvalue weighted by Crippen LogP contribution is 2.30. The summed E-state index contributed by atoms with van der Waals surface area (Å²) in [4.78, 5) is 20.2. The fourth-order valence-corrected chi connectivity index (χ4v) is 3.89. The van der Waals surface area contributed by atoms with Gasteiger partial charge in [-0.1, -0.05) is 6.42 Å². The van der Waals surface area contributed by atoms with Crippen LogP contribution in [0, 0.1) is 5.92 Å². The summed E-state index contributed by atoms with van der Waals surface area (Å²) in [7, 11) is 0. The molecule has 112 valence electrons. The number of fused-ring (bicyclic) bond motifs is 1. The Hall–Kier alpha value is -1.04. The fourth-order valence-electron chi connectivity index (χ4n) is 2.78. The van der Waals surface area contributed by atoms with Gasteiger partial charge in [0.15, 0.2) is 6.29 Å². The predicted molar refractivity (Wildman–Crippen MR) is 84.3 cm³/mol. The van der Waals surface area contributed by atoms with E-state index in [1.807, 2.05) is 0 Å². The second-order valence-corrected chi connectivity index (χ2v) is 6.81. The molecule has 3 heterocycles. The molecule has 0 aromatic carbocycles. The van der Waals surface area contributed by atoms with Crippen LogP contribution in [-0.4, -0.2) is 29.5 Å². The summed E-state index contributed by atoms with van der Waals surface area (Å²) in [5, 5.41) is 0.259. The van der Waals surface area contributed by atoms with Gasteiger partial charge in [0, 0.05) is 13.2 Å². The van der Waals surface area contributed by atoms with E-state index >= 15 is 0 Å². The monoisotopic (exact) mass is 324 g/mol. The Labute approximate surface area is 132 Å². The summed E-state index contributed by atoms with van der Waals surface area (Å²) < 4.78 is 6.56. The van der Waals surface area contributed by atoms with Gasteiger partial charge in [-0.05, 0) is 49.3 Å². The second kappa shape index (κ2) is 6.81. The zero-order valence-corrected chi connectivity index (χ0v) is 13.3. The Kier molecular flexibility index (Phi) is 4.83. The number of aldehydes is 1. The molecule has 1 fully saturated rings. The number of nitrogens with zero attached hydrogens (tertiary/aromatic N) is 2. The van der Waals surface area contributed by atoms with Crippen molar-refractivity contribution in [1.82, 2.24) is 9.97 Å². The summed E-state index contributed by atoms with van der Waals surface area (Å²) in [5.41, 5.74) is 1.74. The molecule has 1 unspecified atom stereocenters. The van der Waals surface area contributed by atoms with Gasteiger partial charge in [-0.15, -0.1) is 11.3 Å². The quantitative estimate of drug-likeness (QED) is 0.634. The number of carbonyl (C=O) groups is 1. The highest BCUT2D eigenvalue weighted by atomic mass is 35.5. The molecule has 4 nitrogen and oxygen atoms in total. The maximum Gasteiger partial charge on any atom is 0.223 e. The van der Waals surface area contributed by atoms with Crippen molar-refractivity contribution in [2.45, 2.75) is 32.1 Å². The minimum absolute atomic E-state index is 0.259. The van der Waals surface area contributed by atoms with Crippen LogP contribution in [0.15, 0.2) is 6.07 Å². The molecular formula is C15H17ClN2O2S. The number of hydrogen-bond donors (Lipinski definition) is 0. The lowest BCUT2D eigenvalue weighted by Gasteiger charge is -2.19. The molecule has 0 saturated carbocycles. The average Bonchev–Trinajstić information content (AvgIpc) is 2.84. The molecule has 1 aliphatic heterocycles. The highest BCUT2D eigenvalue weighted by Gasteiger charge is 2.17. The summed E-state index contributed by atoms with van der Waals surface area (Å²) in [5.74, 6) is 0.557. The van der Waals surface area contributed by atoms with E-state index in [0.717, 1.165) is 54.7 Å². The van der Waals surface area contributed by atoms with Gasteiger partial charge in [-0.25, -0.2) is 9.97 Å². The van der Waals surface area contributed by atoms with Gasteiger partial charge in [0.2, 0.25) is 5.28 Å². The first-order chi connectivity index (χ1) is 10.3. The summed E-state index contributed by atoms with van der Waals surface area (Å²) >= 11 is 7.47. The maximum absolute atomic E-state index is 11.0. The second-order valence-electron chi connectivity index (χ2n) is 5.39. The third-order valence-corrected chi connectivity index (χ3v) is 5.12. The molecule has 2 aromatic rings. The van der Waals surface area contributed by atoms with Gasteiger partial charge in [0.1, 0.15) is 0 Å². The SMILES string of the molecule is O=Cc1cc2nc(Cl)nc(CC3CCCCOCC3)c2s1. The Balaban J connectivity index is 1.87. The lowest BCUT2D eigenvalue weighted by Crippen LogP contribution is -2.13. The maximum atomic E-state index is 11.0. The fraction of sp³-hybridized carbons (Fsp3) is 0.533. The van der Waals surface area contributed by atoms with E-state index in [9.17, 15) is 4.79 Å². The van der Waals surface area contributed by atoms with E-state index in [-0.39, 0.29) is 5.28 Å². The van der Waals surface area contributed by atoms with Gasteiger partial charge >= 0.3 is 0 Å². The molecule has 3 rings (SSSR count). The van der Waals surface area contributed by atoms with E-state index in [1.54, 1.807) is 6.07 Å². The lowest BCUT2D eigenvalue weighted by atomic mass is 9.93. The van der Waals surface area contributed by atoms with E-state index in [1.165, 1.54) is 24.2 Å². The van der Waals surface area contributed by atoms with Gasteiger partial charge in [-0.3, -0.25) is 4.79 Å². The molecule has 21 heavy (non-hydrogen) atoms. The van der Waals surface area contributed by atoms with E-state index in [4.69, 9.17) is 16.3 Å². The number of aromatic nitrogens is 2. The van der Waals surface area contributed by atoms with Crippen LogP contribution in [0.5, 0.6) is 0 Å². The smallest absolute Gasteiger partial charge is 0.223 e. The largest absolute Gasteiger partial charge is 0.381 e. The van der Waals surface area contributed by atoms with Gasteiger partial charge < -0.3 is 4.74 Å². The van der Waals surface area contributed by atoms with Gasteiger partial charge in [0.05, 0.1) is 20.8 Å². The molecule has 6 heteroatoms. The van der Waals surface area contributed by atoms with Crippen molar-refractivity contribution in [2.24, 2.45) is 5.92 Å². The third-order valence-electron chi connectivity index (χ3n) is 3.85. The topological polar surface area (TPSA) is 52.1 Å². The van der Waals surface area contributed by atoms with Gasteiger partial charge in [0.25, 0.3) is 0 Å². The van der Waals surface area contributed by atoms with Crippen LogP contribution in [0.1, 0.15) is 41.0 Å². The Morgan fingerprint density at radius 3 is 3.10 bits per heavy atom. The molecule has 0 N–H and O–H groups in total. The van der Waals surface area contributed by atoms with Crippen LogP contribution in [0.25, 0.3) is 10.2 Å². The van der Waals surface area contributed by atoms with Crippen LogP contribution < -0.4 is 0 Å². The Bertz CT molecular complexity index is 636. The number of halogens is 1. The zero-order valence-electron chi connectivity index (χ0n) is 11.7. The number of carbonyl (C=O) groups excluding carboxylic acids is 1. The van der Waals surface area contributed by atoms with Crippen molar-refractivity contribution in [1.29, 1.82) is 0 Å². The summed E-state index contributed by atoms with van der Waals surface area (Å²) in [6.45, 7) is 1.70. The first-order valence-electron chi connectivity index (χ1n) is 7.25. The predicted octanol–water partition coefficient (Wildman–Crippen LogP) is 3.91. The molecule has 2 aromatic heterocycles. The van der Waals surface area contributed by atoms with E-state index < -0.39 is 0 Å². The van der Waals surface area contributed by atoms with Crippen LogP contribution in [-0.2, 0) is 11.2 Å². The number of hydrogen-bond acceptors (Lipinski definition) is 5. The highest BCUT2D eigenvalue weighted by molar-refractivity contribution is 7.20. The third kappa shape index (κ3) is 3.59. The molecule has 0 bridgehead atoms. The van der Waals surface area contributed by atoms with E-state index in [0.29, 0.717) is 10.8 Å². The van der Waals surface area contributed by atoms with Crippen molar-refractivity contribution in [3.8, 4) is 0 Å². The van der Waals surface area contributed by atoms with Crippen molar-refractivity contribution >= 4 is 39.4 Å².